The van der Waals surface area contributed by atoms with E-state index in [-0.39, 0.29) is 0 Å². The molecule has 2 N–H and O–H groups in total. The molecule has 0 fully saturated rings. The fourth-order valence-corrected chi connectivity index (χ4v) is 1.30. The van der Waals surface area contributed by atoms with Gasteiger partial charge in [0, 0.05) is 25.7 Å². The average Bonchev–Trinajstić information content (AvgIpc) is 2.16. The van der Waals surface area contributed by atoms with E-state index in [2.05, 4.69) is 10.6 Å². The molecular weight excluding hydrogens is 198 g/mol. The Morgan fingerprint density at radius 2 is 1.60 bits per heavy atom. The van der Waals surface area contributed by atoms with Crippen LogP contribution in [0.2, 0.25) is 0 Å². The summed E-state index contributed by atoms with van der Waals surface area (Å²) in [6.45, 7) is 5.08. The highest BCUT2D eigenvalue weighted by Gasteiger charge is 1.99. The molecule has 0 atom stereocenters. The molecule has 15 heavy (non-hydrogen) atoms. The van der Waals surface area contributed by atoms with Gasteiger partial charge in [0.15, 0.2) is 0 Å². The third-order valence-corrected chi connectivity index (χ3v) is 1.98. The quantitative estimate of drug-likeness (QED) is 0.704. The van der Waals surface area contributed by atoms with Crippen LogP contribution in [0.1, 0.15) is 12.5 Å². The number of likely N-dealkylation sites (N-methyl/N-ethyl adjacent to an activating group) is 1. The SMILES string of the molecule is CCNCCNCc1cc(F)cc(F)c1. The van der Waals surface area contributed by atoms with Crippen molar-refractivity contribution in [2.45, 2.75) is 13.5 Å². The van der Waals surface area contributed by atoms with Crippen LogP contribution in [-0.2, 0) is 6.54 Å². The van der Waals surface area contributed by atoms with Crippen LogP contribution >= 0.6 is 0 Å². The van der Waals surface area contributed by atoms with Gasteiger partial charge in [-0.15, -0.1) is 0 Å². The molecule has 4 heteroatoms. The summed E-state index contributed by atoms with van der Waals surface area (Å²) in [4.78, 5) is 0. The molecule has 0 heterocycles. The summed E-state index contributed by atoms with van der Waals surface area (Å²) < 4.78 is 25.6. The molecule has 84 valence electrons. The number of hydrogen-bond donors (Lipinski definition) is 2. The lowest BCUT2D eigenvalue weighted by Crippen LogP contribution is -2.26. The van der Waals surface area contributed by atoms with Gasteiger partial charge in [-0.05, 0) is 24.2 Å². The summed E-state index contributed by atoms with van der Waals surface area (Å²) in [6, 6.07) is 3.55. The van der Waals surface area contributed by atoms with Crippen molar-refractivity contribution in [1.82, 2.24) is 10.6 Å². The minimum absolute atomic E-state index is 0.486. The number of halogens is 2. The van der Waals surface area contributed by atoms with Crippen LogP contribution in [0.3, 0.4) is 0 Å². The van der Waals surface area contributed by atoms with E-state index in [1.165, 1.54) is 12.1 Å². The van der Waals surface area contributed by atoms with Gasteiger partial charge in [-0.25, -0.2) is 8.78 Å². The van der Waals surface area contributed by atoms with E-state index in [1.807, 2.05) is 6.92 Å². The minimum Gasteiger partial charge on any atom is -0.316 e. The maximum atomic E-state index is 12.8. The third-order valence-electron chi connectivity index (χ3n) is 1.98. The molecule has 0 saturated heterocycles. The van der Waals surface area contributed by atoms with Gasteiger partial charge in [0.25, 0.3) is 0 Å². The summed E-state index contributed by atoms with van der Waals surface area (Å²) in [5.41, 5.74) is 0.629. The van der Waals surface area contributed by atoms with Crippen LogP contribution in [0.5, 0.6) is 0 Å². The van der Waals surface area contributed by atoms with Crippen LogP contribution in [0, 0.1) is 11.6 Å². The Balaban J connectivity index is 2.31. The number of rotatable bonds is 6. The monoisotopic (exact) mass is 214 g/mol. The molecule has 0 spiro atoms. The molecule has 1 aromatic carbocycles. The molecule has 2 nitrogen and oxygen atoms in total. The zero-order valence-electron chi connectivity index (χ0n) is 8.82. The van der Waals surface area contributed by atoms with E-state index in [0.29, 0.717) is 12.1 Å². The Morgan fingerprint density at radius 1 is 1.00 bits per heavy atom. The maximum absolute atomic E-state index is 12.8. The van der Waals surface area contributed by atoms with Crippen molar-refractivity contribution in [1.29, 1.82) is 0 Å². The second-order valence-corrected chi connectivity index (χ2v) is 3.31. The highest BCUT2D eigenvalue weighted by Crippen LogP contribution is 2.07. The van der Waals surface area contributed by atoms with E-state index in [1.54, 1.807) is 0 Å². The Kier molecular flexibility index (Phi) is 5.21. The van der Waals surface area contributed by atoms with Gasteiger partial charge in [-0.3, -0.25) is 0 Å². The fourth-order valence-electron chi connectivity index (χ4n) is 1.30. The molecule has 1 rings (SSSR count). The van der Waals surface area contributed by atoms with Crippen molar-refractivity contribution in [2.24, 2.45) is 0 Å². The molecule has 0 bridgehead atoms. The van der Waals surface area contributed by atoms with E-state index in [9.17, 15) is 8.78 Å². The van der Waals surface area contributed by atoms with E-state index in [0.717, 1.165) is 25.7 Å². The van der Waals surface area contributed by atoms with Crippen molar-refractivity contribution in [3.8, 4) is 0 Å². The van der Waals surface area contributed by atoms with Gasteiger partial charge in [-0.2, -0.15) is 0 Å². The van der Waals surface area contributed by atoms with Crippen molar-refractivity contribution in [2.75, 3.05) is 19.6 Å². The lowest BCUT2D eigenvalue weighted by molar-refractivity contribution is 0.572. The zero-order valence-corrected chi connectivity index (χ0v) is 8.82. The molecule has 0 radical (unpaired) electrons. The first-order valence-electron chi connectivity index (χ1n) is 5.08. The summed E-state index contributed by atoms with van der Waals surface area (Å²) in [5, 5.41) is 6.24. The van der Waals surface area contributed by atoms with Gasteiger partial charge in [0.1, 0.15) is 11.6 Å². The smallest absolute Gasteiger partial charge is 0.126 e. The van der Waals surface area contributed by atoms with Crippen molar-refractivity contribution < 1.29 is 8.78 Å². The Hall–Kier alpha value is -1.00. The van der Waals surface area contributed by atoms with Crippen molar-refractivity contribution in [3.05, 3.63) is 35.4 Å². The second-order valence-electron chi connectivity index (χ2n) is 3.31. The number of hydrogen-bond acceptors (Lipinski definition) is 2. The molecule has 0 amide bonds. The third kappa shape index (κ3) is 4.85. The molecular formula is C11H16F2N2. The maximum Gasteiger partial charge on any atom is 0.126 e. The van der Waals surface area contributed by atoms with Gasteiger partial charge >= 0.3 is 0 Å². The van der Waals surface area contributed by atoms with Crippen LogP contribution < -0.4 is 10.6 Å². The van der Waals surface area contributed by atoms with Crippen LogP contribution in [0.4, 0.5) is 8.78 Å². The Morgan fingerprint density at radius 3 is 2.20 bits per heavy atom. The summed E-state index contributed by atoms with van der Waals surface area (Å²) in [7, 11) is 0. The topological polar surface area (TPSA) is 24.1 Å². The van der Waals surface area contributed by atoms with Crippen molar-refractivity contribution in [3.63, 3.8) is 0 Å². The van der Waals surface area contributed by atoms with Crippen molar-refractivity contribution >= 4 is 0 Å². The zero-order chi connectivity index (χ0) is 11.1. The first kappa shape index (κ1) is 12.1. The van der Waals surface area contributed by atoms with Crippen LogP contribution in [0.15, 0.2) is 18.2 Å². The van der Waals surface area contributed by atoms with Crippen LogP contribution in [-0.4, -0.2) is 19.6 Å². The average molecular weight is 214 g/mol. The summed E-state index contributed by atoms with van der Waals surface area (Å²) in [5.74, 6) is -1.06. The Bertz CT molecular complexity index is 282. The Labute approximate surface area is 88.7 Å². The lowest BCUT2D eigenvalue weighted by Gasteiger charge is -2.05. The highest BCUT2D eigenvalue weighted by molar-refractivity contribution is 5.17. The number of benzene rings is 1. The predicted molar refractivity (Wildman–Crippen MR) is 56.6 cm³/mol. The molecule has 1 aromatic rings. The van der Waals surface area contributed by atoms with Gasteiger partial charge in [0.05, 0.1) is 0 Å². The molecule has 0 aliphatic carbocycles. The molecule has 0 aromatic heterocycles. The number of nitrogens with one attached hydrogen (secondary N) is 2. The first-order valence-corrected chi connectivity index (χ1v) is 5.08. The molecule has 0 aliphatic heterocycles. The second kappa shape index (κ2) is 6.48. The lowest BCUT2D eigenvalue weighted by atomic mass is 10.2. The van der Waals surface area contributed by atoms with E-state index >= 15 is 0 Å². The van der Waals surface area contributed by atoms with E-state index < -0.39 is 11.6 Å². The van der Waals surface area contributed by atoms with Gasteiger partial charge in [-0.1, -0.05) is 6.92 Å². The van der Waals surface area contributed by atoms with E-state index in [4.69, 9.17) is 0 Å². The fraction of sp³-hybridized carbons (Fsp3) is 0.455. The molecule has 0 aliphatic rings. The predicted octanol–water partition coefficient (Wildman–Crippen LogP) is 1.66. The summed E-state index contributed by atoms with van der Waals surface area (Å²) >= 11 is 0. The standard InChI is InChI=1S/C11H16F2N2/c1-2-14-3-4-15-8-9-5-10(12)7-11(13)6-9/h5-7,14-15H,2-4,8H2,1H3. The minimum atomic E-state index is -0.529. The van der Waals surface area contributed by atoms with Gasteiger partial charge in [0.2, 0.25) is 0 Å². The molecule has 0 unspecified atom stereocenters. The van der Waals surface area contributed by atoms with Gasteiger partial charge < -0.3 is 10.6 Å². The largest absolute Gasteiger partial charge is 0.316 e. The van der Waals surface area contributed by atoms with Crippen LogP contribution in [0.25, 0.3) is 0 Å². The summed E-state index contributed by atoms with van der Waals surface area (Å²) in [6.07, 6.45) is 0. The highest BCUT2D eigenvalue weighted by atomic mass is 19.1. The normalized spacial score (nSPS) is 10.6. The first-order chi connectivity index (χ1) is 7.22. The molecule has 0 saturated carbocycles.